The van der Waals surface area contributed by atoms with E-state index in [2.05, 4.69) is 25.2 Å². The standard InChI is InChI=1S/C19H16ClNO3/c1-9-8-19(2,3)21-12-6-4-10-15-13(7-5-11(20)17(15)22)24-18(23)16(10)14(9)12/h4-8,21-22H,1-3H3. The van der Waals surface area contributed by atoms with Gasteiger partial charge in [-0.2, -0.15) is 0 Å². The molecule has 1 aliphatic rings. The minimum atomic E-state index is -0.426. The molecule has 0 amide bonds. The van der Waals surface area contributed by atoms with Gasteiger partial charge in [0, 0.05) is 16.6 Å². The number of fused-ring (bicyclic) bond motifs is 5. The molecule has 0 saturated heterocycles. The van der Waals surface area contributed by atoms with Gasteiger partial charge in [0.05, 0.1) is 21.3 Å². The van der Waals surface area contributed by atoms with Crippen molar-refractivity contribution in [2.45, 2.75) is 26.3 Å². The summed E-state index contributed by atoms with van der Waals surface area (Å²) in [7, 11) is 0. The second kappa shape index (κ2) is 4.77. The highest BCUT2D eigenvalue weighted by atomic mass is 35.5. The van der Waals surface area contributed by atoms with Gasteiger partial charge in [-0.05, 0) is 44.5 Å². The van der Waals surface area contributed by atoms with Gasteiger partial charge in [0.2, 0.25) is 0 Å². The monoisotopic (exact) mass is 341 g/mol. The molecule has 0 aliphatic carbocycles. The highest BCUT2D eigenvalue weighted by Crippen LogP contribution is 2.42. The van der Waals surface area contributed by atoms with Crippen molar-refractivity contribution in [1.82, 2.24) is 0 Å². The first-order valence-corrected chi connectivity index (χ1v) is 8.05. The summed E-state index contributed by atoms with van der Waals surface area (Å²) in [6, 6.07) is 6.86. The van der Waals surface area contributed by atoms with Crippen molar-refractivity contribution in [1.29, 1.82) is 0 Å². The number of halogens is 1. The lowest BCUT2D eigenvalue weighted by Gasteiger charge is -2.32. The van der Waals surface area contributed by atoms with Crippen molar-refractivity contribution in [3.05, 3.63) is 51.3 Å². The maximum absolute atomic E-state index is 12.6. The van der Waals surface area contributed by atoms with Crippen LogP contribution in [0.3, 0.4) is 0 Å². The minimum absolute atomic E-state index is 0.0754. The zero-order valence-electron chi connectivity index (χ0n) is 13.5. The molecule has 4 rings (SSSR count). The number of benzene rings is 2. The number of hydrogen-bond acceptors (Lipinski definition) is 4. The SMILES string of the molecule is CC1=CC(C)(C)Nc2ccc3c(c21)c(=O)oc1ccc(Cl)c(O)c13. The van der Waals surface area contributed by atoms with E-state index >= 15 is 0 Å². The van der Waals surface area contributed by atoms with Crippen molar-refractivity contribution in [2.24, 2.45) is 0 Å². The molecule has 0 saturated carbocycles. The van der Waals surface area contributed by atoms with Gasteiger partial charge in [-0.25, -0.2) is 4.79 Å². The predicted octanol–water partition coefficient (Wildman–Crippen LogP) is 4.91. The van der Waals surface area contributed by atoms with E-state index < -0.39 is 5.63 Å². The van der Waals surface area contributed by atoms with Crippen LogP contribution in [0, 0.1) is 0 Å². The fourth-order valence-electron chi connectivity index (χ4n) is 3.58. The average molecular weight is 342 g/mol. The summed E-state index contributed by atoms with van der Waals surface area (Å²) in [5, 5.41) is 15.6. The van der Waals surface area contributed by atoms with Gasteiger partial charge in [-0.1, -0.05) is 23.7 Å². The van der Waals surface area contributed by atoms with Crippen molar-refractivity contribution < 1.29 is 9.52 Å². The van der Waals surface area contributed by atoms with Crippen molar-refractivity contribution in [3.8, 4) is 5.75 Å². The Labute approximate surface area is 143 Å². The van der Waals surface area contributed by atoms with E-state index in [9.17, 15) is 9.90 Å². The normalized spacial score (nSPS) is 15.9. The summed E-state index contributed by atoms with van der Waals surface area (Å²) in [4.78, 5) is 12.6. The Balaban J connectivity index is 2.23. The van der Waals surface area contributed by atoms with Crippen LogP contribution in [0.5, 0.6) is 5.75 Å². The maximum atomic E-state index is 12.6. The first kappa shape index (κ1) is 15.1. The van der Waals surface area contributed by atoms with Gasteiger partial charge >= 0.3 is 5.63 Å². The molecule has 3 aromatic rings. The maximum Gasteiger partial charge on any atom is 0.344 e. The highest BCUT2D eigenvalue weighted by Gasteiger charge is 2.26. The Morgan fingerprint density at radius 1 is 1.17 bits per heavy atom. The lowest BCUT2D eigenvalue weighted by Crippen LogP contribution is -2.31. The van der Waals surface area contributed by atoms with Crippen LogP contribution in [0.2, 0.25) is 5.02 Å². The Morgan fingerprint density at radius 2 is 1.92 bits per heavy atom. The molecule has 0 atom stereocenters. The van der Waals surface area contributed by atoms with E-state index in [1.807, 2.05) is 19.1 Å². The summed E-state index contributed by atoms with van der Waals surface area (Å²) < 4.78 is 5.45. The largest absolute Gasteiger partial charge is 0.506 e. The summed E-state index contributed by atoms with van der Waals surface area (Å²) in [6.45, 7) is 6.11. The summed E-state index contributed by atoms with van der Waals surface area (Å²) >= 11 is 6.04. The first-order chi connectivity index (χ1) is 11.3. The number of nitrogens with one attached hydrogen (secondary N) is 1. The third kappa shape index (κ3) is 2.03. The molecule has 0 fully saturated rings. The van der Waals surface area contributed by atoms with E-state index in [1.165, 1.54) is 6.07 Å². The number of aromatic hydroxyl groups is 1. The molecule has 2 aromatic carbocycles. The van der Waals surface area contributed by atoms with E-state index in [4.69, 9.17) is 16.0 Å². The van der Waals surface area contributed by atoms with Crippen LogP contribution in [0.25, 0.3) is 27.3 Å². The zero-order chi connectivity index (χ0) is 17.2. The fraction of sp³-hybridized carbons (Fsp3) is 0.211. The quantitative estimate of drug-likeness (QED) is 0.450. The molecule has 2 N–H and O–H groups in total. The van der Waals surface area contributed by atoms with Crippen molar-refractivity contribution in [2.75, 3.05) is 5.32 Å². The Hall–Kier alpha value is -2.46. The molecule has 0 radical (unpaired) electrons. The third-order valence-electron chi connectivity index (χ3n) is 4.40. The smallest absolute Gasteiger partial charge is 0.344 e. The summed E-state index contributed by atoms with van der Waals surface area (Å²) in [5.74, 6) is -0.0754. The minimum Gasteiger partial charge on any atom is -0.506 e. The number of phenols is 1. The highest BCUT2D eigenvalue weighted by molar-refractivity contribution is 6.34. The van der Waals surface area contributed by atoms with Crippen LogP contribution in [0.4, 0.5) is 5.69 Å². The zero-order valence-corrected chi connectivity index (χ0v) is 14.3. The van der Waals surface area contributed by atoms with Crippen LogP contribution < -0.4 is 10.9 Å². The molecule has 1 aliphatic heterocycles. The third-order valence-corrected chi connectivity index (χ3v) is 4.71. The van der Waals surface area contributed by atoms with E-state index in [0.29, 0.717) is 21.7 Å². The predicted molar refractivity (Wildman–Crippen MR) is 98.0 cm³/mol. The van der Waals surface area contributed by atoms with Gasteiger partial charge < -0.3 is 14.8 Å². The number of rotatable bonds is 0. The van der Waals surface area contributed by atoms with Crippen LogP contribution in [-0.4, -0.2) is 10.6 Å². The van der Waals surface area contributed by atoms with Crippen molar-refractivity contribution >= 4 is 44.6 Å². The number of phenolic OH excluding ortho intramolecular Hbond substituents is 1. The molecule has 0 spiro atoms. The van der Waals surface area contributed by atoms with Crippen LogP contribution >= 0.6 is 11.6 Å². The second-order valence-corrected chi connectivity index (χ2v) is 7.15. The molecule has 24 heavy (non-hydrogen) atoms. The van der Waals surface area contributed by atoms with E-state index in [-0.39, 0.29) is 16.3 Å². The molecule has 5 heteroatoms. The van der Waals surface area contributed by atoms with Crippen LogP contribution in [0.15, 0.2) is 39.6 Å². The van der Waals surface area contributed by atoms with Gasteiger partial charge in [-0.15, -0.1) is 0 Å². The first-order valence-electron chi connectivity index (χ1n) is 7.67. The van der Waals surface area contributed by atoms with Gasteiger partial charge in [0.15, 0.2) is 0 Å². The molecule has 0 bridgehead atoms. The molecule has 0 unspecified atom stereocenters. The second-order valence-electron chi connectivity index (χ2n) is 6.74. The topological polar surface area (TPSA) is 62.5 Å². The average Bonchev–Trinajstić information content (AvgIpc) is 2.49. The molecular weight excluding hydrogens is 326 g/mol. The molecule has 1 aromatic heterocycles. The lowest BCUT2D eigenvalue weighted by molar-refractivity contribution is 0.480. The Morgan fingerprint density at radius 3 is 2.67 bits per heavy atom. The van der Waals surface area contributed by atoms with Crippen LogP contribution in [-0.2, 0) is 0 Å². The lowest BCUT2D eigenvalue weighted by atomic mass is 9.88. The Bertz CT molecular complexity index is 1110. The summed E-state index contributed by atoms with van der Waals surface area (Å²) in [5.41, 5.74) is 2.37. The van der Waals surface area contributed by atoms with E-state index in [0.717, 1.165) is 16.8 Å². The molecule has 122 valence electrons. The number of anilines is 1. The fourth-order valence-corrected chi connectivity index (χ4v) is 3.73. The van der Waals surface area contributed by atoms with Gasteiger partial charge in [0.25, 0.3) is 0 Å². The Kier molecular flexibility index (Phi) is 3.00. The number of allylic oxidation sites excluding steroid dienone is 1. The molecule has 2 heterocycles. The van der Waals surface area contributed by atoms with Gasteiger partial charge in [-0.3, -0.25) is 0 Å². The molecular formula is C19H16ClNO3. The molecule has 4 nitrogen and oxygen atoms in total. The van der Waals surface area contributed by atoms with Crippen LogP contribution in [0.1, 0.15) is 26.3 Å². The van der Waals surface area contributed by atoms with Crippen molar-refractivity contribution in [3.63, 3.8) is 0 Å². The number of hydrogen-bond donors (Lipinski definition) is 2. The summed E-state index contributed by atoms with van der Waals surface area (Å²) in [6.07, 6.45) is 2.08. The van der Waals surface area contributed by atoms with Gasteiger partial charge in [0.1, 0.15) is 11.3 Å². The van der Waals surface area contributed by atoms with E-state index in [1.54, 1.807) is 6.07 Å².